The van der Waals surface area contributed by atoms with Crippen LogP contribution >= 0.6 is 0 Å². The van der Waals surface area contributed by atoms with E-state index in [-0.39, 0.29) is 0 Å². The Morgan fingerprint density at radius 2 is 2.00 bits per heavy atom. The van der Waals surface area contributed by atoms with Crippen LogP contribution in [0.3, 0.4) is 0 Å². The molecule has 1 aliphatic heterocycles. The van der Waals surface area contributed by atoms with Crippen molar-refractivity contribution in [1.29, 1.82) is 0 Å². The molecule has 0 spiro atoms. The van der Waals surface area contributed by atoms with Gasteiger partial charge in [-0.2, -0.15) is 0 Å². The smallest absolute Gasteiger partial charge is 0.0624 e. The Bertz CT molecular complexity index is 145. The molecule has 1 aliphatic rings. The molecule has 2 nitrogen and oxygen atoms in total. The van der Waals surface area contributed by atoms with Gasteiger partial charge >= 0.3 is 0 Å². The van der Waals surface area contributed by atoms with E-state index < -0.39 is 0 Å². The fraction of sp³-hybridized carbons (Fsp3) is 1.00. The van der Waals surface area contributed by atoms with E-state index in [1.54, 1.807) is 0 Å². The van der Waals surface area contributed by atoms with Crippen LogP contribution in [-0.2, 0) is 4.74 Å². The van der Waals surface area contributed by atoms with E-state index in [2.05, 4.69) is 32.6 Å². The van der Waals surface area contributed by atoms with Gasteiger partial charge in [-0.15, -0.1) is 0 Å². The molecule has 0 bridgehead atoms. The van der Waals surface area contributed by atoms with E-state index in [9.17, 15) is 0 Å². The van der Waals surface area contributed by atoms with Crippen LogP contribution in [0.15, 0.2) is 0 Å². The summed E-state index contributed by atoms with van der Waals surface area (Å²) in [5.41, 5.74) is 0. The maximum atomic E-state index is 5.51. The minimum Gasteiger partial charge on any atom is -0.378 e. The Hall–Kier alpha value is -0.0800. The highest BCUT2D eigenvalue weighted by molar-refractivity contribution is 4.78. The Morgan fingerprint density at radius 1 is 1.31 bits per heavy atom. The molecule has 0 aromatic rings. The zero-order valence-corrected chi connectivity index (χ0v) is 9.42. The average Bonchev–Trinajstić information content (AvgIpc) is 2.03. The predicted octanol–water partition coefficient (Wildman–Crippen LogP) is 2.00. The Kier molecular flexibility index (Phi) is 4.20. The van der Waals surface area contributed by atoms with Crippen LogP contribution in [0.25, 0.3) is 0 Å². The molecule has 0 aromatic carbocycles. The molecular weight excluding hydrogens is 162 g/mol. The van der Waals surface area contributed by atoms with Gasteiger partial charge in [-0.1, -0.05) is 27.7 Å². The van der Waals surface area contributed by atoms with Gasteiger partial charge in [0, 0.05) is 19.1 Å². The second-order valence-corrected chi connectivity index (χ2v) is 4.78. The van der Waals surface area contributed by atoms with Gasteiger partial charge in [0.25, 0.3) is 0 Å². The van der Waals surface area contributed by atoms with Gasteiger partial charge in [0.2, 0.25) is 0 Å². The normalized spacial score (nSPS) is 25.8. The number of rotatable bonds is 3. The fourth-order valence-electron chi connectivity index (χ4n) is 1.97. The van der Waals surface area contributed by atoms with Crippen molar-refractivity contribution in [3.05, 3.63) is 0 Å². The summed E-state index contributed by atoms with van der Waals surface area (Å²) in [7, 11) is 0. The van der Waals surface area contributed by atoms with E-state index in [1.807, 2.05) is 0 Å². The molecule has 0 radical (unpaired) electrons. The lowest BCUT2D eigenvalue weighted by Gasteiger charge is -2.38. The number of hydrogen-bond acceptors (Lipinski definition) is 2. The Morgan fingerprint density at radius 3 is 2.54 bits per heavy atom. The van der Waals surface area contributed by atoms with Crippen molar-refractivity contribution in [3.63, 3.8) is 0 Å². The van der Waals surface area contributed by atoms with Crippen molar-refractivity contribution in [2.45, 2.75) is 33.7 Å². The molecular formula is C11H23NO. The second-order valence-electron chi connectivity index (χ2n) is 4.78. The molecule has 13 heavy (non-hydrogen) atoms. The third kappa shape index (κ3) is 3.28. The lowest BCUT2D eigenvalue weighted by atomic mass is 10.0. The summed E-state index contributed by atoms with van der Waals surface area (Å²) in [6.45, 7) is 13.3. The van der Waals surface area contributed by atoms with Crippen LogP contribution in [0.1, 0.15) is 27.7 Å². The minimum atomic E-state index is 0.635. The van der Waals surface area contributed by atoms with Crippen molar-refractivity contribution in [3.8, 4) is 0 Å². The quantitative estimate of drug-likeness (QED) is 0.667. The van der Waals surface area contributed by atoms with E-state index in [4.69, 9.17) is 4.74 Å². The largest absolute Gasteiger partial charge is 0.378 e. The molecule has 0 saturated carbocycles. The number of hydrogen-bond donors (Lipinski definition) is 0. The molecule has 0 unspecified atom stereocenters. The maximum Gasteiger partial charge on any atom is 0.0624 e. The van der Waals surface area contributed by atoms with Crippen LogP contribution in [0, 0.1) is 11.8 Å². The highest BCUT2D eigenvalue weighted by Gasteiger charge is 2.25. The van der Waals surface area contributed by atoms with Gasteiger partial charge in [0.05, 0.1) is 13.2 Å². The van der Waals surface area contributed by atoms with Gasteiger partial charge in [-0.05, 0) is 11.8 Å². The first-order valence-electron chi connectivity index (χ1n) is 5.43. The fourth-order valence-corrected chi connectivity index (χ4v) is 1.97. The summed E-state index contributed by atoms with van der Waals surface area (Å²) in [4.78, 5) is 2.58. The van der Waals surface area contributed by atoms with Crippen molar-refractivity contribution in [1.82, 2.24) is 4.90 Å². The van der Waals surface area contributed by atoms with Gasteiger partial charge in [-0.25, -0.2) is 0 Å². The molecule has 1 fully saturated rings. The van der Waals surface area contributed by atoms with Crippen LogP contribution in [0.5, 0.6) is 0 Å². The third-order valence-electron chi connectivity index (χ3n) is 2.65. The topological polar surface area (TPSA) is 12.5 Å². The summed E-state index contributed by atoms with van der Waals surface area (Å²) in [6.07, 6.45) is 0. The molecule has 2 heteroatoms. The predicted molar refractivity (Wildman–Crippen MR) is 55.9 cm³/mol. The van der Waals surface area contributed by atoms with E-state index in [0.717, 1.165) is 25.7 Å². The highest BCUT2D eigenvalue weighted by atomic mass is 16.5. The molecule has 0 aromatic heterocycles. The lowest BCUT2D eigenvalue weighted by Crippen LogP contribution is -2.49. The third-order valence-corrected chi connectivity index (χ3v) is 2.65. The first-order valence-corrected chi connectivity index (χ1v) is 5.43. The molecule has 0 aliphatic carbocycles. The van der Waals surface area contributed by atoms with Gasteiger partial charge in [0.15, 0.2) is 0 Å². The monoisotopic (exact) mass is 185 g/mol. The minimum absolute atomic E-state index is 0.635. The first kappa shape index (κ1) is 11.0. The summed E-state index contributed by atoms with van der Waals surface area (Å²) < 4.78 is 5.51. The number of morpholine rings is 1. The Balaban J connectivity index is 2.46. The molecule has 1 saturated heterocycles. The number of nitrogens with zero attached hydrogens (tertiary/aromatic N) is 1. The second kappa shape index (κ2) is 4.97. The number of ether oxygens (including phenoxy) is 1. The van der Waals surface area contributed by atoms with Gasteiger partial charge < -0.3 is 4.74 Å². The summed E-state index contributed by atoms with van der Waals surface area (Å²) in [6, 6.07) is 0.635. The SMILES string of the molecule is CC(C)CN1CCOC[C@H]1C(C)C. The van der Waals surface area contributed by atoms with Crippen molar-refractivity contribution in [2.24, 2.45) is 11.8 Å². The van der Waals surface area contributed by atoms with E-state index >= 15 is 0 Å². The maximum absolute atomic E-state index is 5.51. The van der Waals surface area contributed by atoms with Crippen molar-refractivity contribution < 1.29 is 4.74 Å². The van der Waals surface area contributed by atoms with Crippen LogP contribution < -0.4 is 0 Å². The van der Waals surface area contributed by atoms with Crippen molar-refractivity contribution in [2.75, 3.05) is 26.3 Å². The average molecular weight is 185 g/mol. The van der Waals surface area contributed by atoms with Gasteiger partial charge in [0.1, 0.15) is 0 Å². The van der Waals surface area contributed by atoms with Crippen LogP contribution in [0.2, 0.25) is 0 Å². The Labute approximate surface area is 82.3 Å². The van der Waals surface area contributed by atoms with Crippen LogP contribution in [0.4, 0.5) is 0 Å². The standard InChI is InChI=1S/C11H23NO/c1-9(2)7-12-5-6-13-8-11(12)10(3)4/h9-11H,5-8H2,1-4H3/t11-/m0/s1. The molecule has 78 valence electrons. The molecule has 0 N–H and O–H groups in total. The lowest BCUT2D eigenvalue weighted by molar-refractivity contribution is -0.0289. The summed E-state index contributed by atoms with van der Waals surface area (Å²) >= 11 is 0. The molecule has 1 heterocycles. The molecule has 1 atom stereocenters. The first-order chi connectivity index (χ1) is 6.11. The summed E-state index contributed by atoms with van der Waals surface area (Å²) in [5, 5.41) is 0. The van der Waals surface area contributed by atoms with E-state index in [1.165, 1.54) is 6.54 Å². The highest BCUT2D eigenvalue weighted by Crippen LogP contribution is 2.16. The molecule has 1 rings (SSSR count). The van der Waals surface area contributed by atoms with Gasteiger partial charge in [-0.3, -0.25) is 4.90 Å². The van der Waals surface area contributed by atoms with Crippen molar-refractivity contribution >= 4 is 0 Å². The van der Waals surface area contributed by atoms with E-state index in [0.29, 0.717) is 12.0 Å². The zero-order chi connectivity index (χ0) is 9.84. The van der Waals surface area contributed by atoms with Crippen LogP contribution in [-0.4, -0.2) is 37.2 Å². The zero-order valence-electron chi connectivity index (χ0n) is 9.42. The summed E-state index contributed by atoms with van der Waals surface area (Å²) in [5.74, 6) is 1.47. The molecule has 0 amide bonds.